The van der Waals surface area contributed by atoms with Crippen molar-refractivity contribution in [3.8, 4) is 11.1 Å². The van der Waals surface area contributed by atoms with Gasteiger partial charge in [0.05, 0.1) is 32.0 Å². The lowest BCUT2D eigenvalue weighted by molar-refractivity contribution is -0.253. The first-order valence-electron chi connectivity index (χ1n) is 18.1. The molecule has 2 heterocycles. The van der Waals surface area contributed by atoms with Gasteiger partial charge in [-0.1, -0.05) is 72.8 Å². The number of urea groups is 1. The third-order valence-corrected chi connectivity index (χ3v) is 11.5. The maximum absolute atomic E-state index is 13.2. The quantitative estimate of drug-likeness (QED) is 0.245. The molecule has 3 aromatic carbocycles. The lowest BCUT2D eigenvalue weighted by Crippen LogP contribution is -2.61. The molecule has 48 heavy (non-hydrogen) atoms. The van der Waals surface area contributed by atoms with E-state index in [1.807, 2.05) is 18.2 Å². The number of aliphatic hydroxyl groups excluding tert-OH is 1. The summed E-state index contributed by atoms with van der Waals surface area (Å²) in [4.78, 5) is 15.6. The van der Waals surface area contributed by atoms with Crippen molar-refractivity contribution in [1.82, 2.24) is 15.5 Å². The predicted octanol–water partition coefficient (Wildman–Crippen LogP) is 6.49. The Hall–Kier alpha value is -3.27. The van der Waals surface area contributed by atoms with Crippen LogP contribution in [0.25, 0.3) is 11.1 Å². The number of nitrogens with one attached hydrogen (secondary N) is 2. The molecule has 3 unspecified atom stereocenters. The summed E-state index contributed by atoms with van der Waals surface area (Å²) in [6.45, 7) is 4.67. The van der Waals surface area contributed by atoms with Crippen LogP contribution in [0.4, 0.5) is 4.79 Å². The summed E-state index contributed by atoms with van der Waals surface area (Å²) in [5, 5.41) is 16.2. The number of hydrogen-bond acceptors (Lipinski definition) is 6. The van der Waals surface area contributed by atoms with E-state index < -0.39 is 6.29 Å². The summed E-state index contributed by atoms with van der Waals surface area (Å²) >= 11 is 0. The Morgan fingerprint density at radius 1 is 0.812 bits per heavy atom. The van der Waals surface area contributed by atoms with Gasteiger partial charge >= 0.3 is 6.03 Å². The Labute approximate surface area is 284 Å². The van der Waals surface area contributed by atoms with Crippen LogP contribution in [-0.2, 0) is 27.4 Å². The molecule has 2 amide bonds. The number of carbonyl (C=O) groups excluding carboxylic acids is 1. The molecule has 4 bridgehead atoms. The molecule has 0 spiro atoms. The van der Waals surface area contributed by atoms with Crippen molar-refractivity contribution in [1.29, 1.82) is 0 Å². The third kappa shape index (κ3) is 7.05. The molecular weight excluding hydrogens is 602 g/mol. The van der Waals surface area contributed by atoms with Crippen LogP contribution in [0.2, 0.25) is 0 Å². The standard InChI is InChI=1S/C40H49N3O5/c44-26-27-5-7-32(8-6-27)37-20-35(25-43-13-15-46-16-14-43)47-38(48-37)33-11-9-31(10-12-33)36-4-2-1-3-34(36)24-41-39(45)42-40-21-28-17-29(22-40)19-30(18-28)23-40/h1-12,28-30,35,37-38,44H,13-26H2,(H2,41,42,45). The van der Waals surface area contributed by atoms with Gasteiger partial charge in [0.15, 0.2) is 6.29 Å². The molecule has 254 valence electrons. The molecule has 9 rings (SSSR count). The highest BCUT2D eigenvalue weighted by Gasteiger charge is 2.51. The van der Waals surface area contributed by atoms with Crippen LogP contribution in [0.3, 0.4) is 0 Å². The number of aliphatic hydroxyl groups is 1. The maximum atomic E-state index is 13.2. The van der Waals surface area contributed by atoms with E-state index in [0.29, 0.717) is 6.54 Å². The van der Waals surface area contributed by atoms with Crippen molar-refractivity contribution < 1.29 is 24.1 Å². The highest BCUT2D eigenvalue weighted by atomic mass is 16.7. The first kappa shape index (κ1) is 32.0. The molecule has 4 saturated carbocycles. The number of amides is 2. The number of ether oxygens (including phenoxy) is 3. The van der Waals surface area contributed by atoms with Crippen LogP contribution in [0, 0.1) is 17.8 Å². The first-order chi connectivity index (χ1) is 23.5. The van der Waals surface area contributed by atoms with Crippen molar-refractivity contribution in [2.75, 3.05) is 32.8 Å². The zero-order chi connectivity index (χ0) is 32.5. The lowest BCUT2D eigenvalue weighted by Gasteiger charge is -2.56. The zero-order valence-electron chi connectivity index (χ0n) is 27.8. The lowest BCUT2D eigenvalue weighted by atomic mass is 9.53. The molecule has 2 saturated heterocycles. The fourth-order valence-electron chi connectivity index (χ4n) is 9.60. The van der Waals surface area contributed by atoms with Gasteiger partial charge in [-0.05, 0) is 84.1 Å². The van der Waals surface area contributed by atoms with E-state index >= 15 is 0 Å². The van der Waals surface area contributed by atoms with Crippen LogP contribution in [-0.4, -0.2) is 60.5 Å². The average Bonchev–Trinajstić information content (AvgIpc) is 3.10. The molecule has 0 aromatic heterocycles. The Bertz CT molecular complexity index is 1520. The largest absolute Gasteiger partial charge is 0.392 e. The Morgan fingerprint density at radius 2 is 1.48 bits per heavy atom. The third-order valence-electron chi connectivity index (χ3n) is 11.5. The molecule has 6 fully saturated rings. The van der Waals surface area contributed by atoms with E-state index in [1.165, 1.54) is 19.3 Å². The smallest absolute Gasteiger partial charge is 0.315 e. The van der Waals surface area contributed by atoms with Crippen LogP contribution in [0.1, 0.15) is 79.6 Å². The van der Waals surface area contributed by atoms with Crippen molar-refractivity contribution >= 4 is 6.03 Å². The van der Waals surface area contributed by atoms with Crippen molar-refractivity contribution in [3.05, 3.63) is 95.1 Å². The number of carbonyl (C=O) groups is 1. The normalized spacial score (nSPS) is 31.4. The van der Waals surface area contributed by atoms with Gasteiger partial charge in [-0.2, -0.15) is 0 Å². The summed E-state index contributed by atoms with van der Waals surface area (Å²) in [6.07, 6.45) is 7.71. The van der Waals surface area contributed by atoms with Gasteiger partial charge in [0, 0.05) is 43.7 Å². The minimum absolute atomic E-state index is 0.000529. The first-order valence-corrected chi connectivity index (χ1v) is 18.1. The van der Waals surface area contributed by atoms with Crippen molar-refractivity contribution in [2.45, 2.75) is 82.1 Å². The molecular formula is C40H49N3O5. The number of benzene rings is 3. The van der Waals surface area contributed by atoms with E-state index in [0.717, 1.165) is 110 Å². The van der Waals surface area contributed by atoms with E-state index in [2.05, 4.69) is 70.1 Å². The second-order valence-corrected chi connectivity index (χ2v) is 15.0. The minimum atomic E-state index is -0.494. The summed E-state index contributed by atoms with van der Waals surface area (Å²) in [5.41, 5.74) is 6.26. The molecule has 4 aliphatic carbocycles. The molecule has 6 aliphatic rings. The fraction of sp³-hybridized carbons (Fsp3) is 0.525. The molecule has 8 nitrogen and oxygen atoms in total. The number of rotatable bonds is 9. The predicted molar refractivity (Wildman–Crippen MR) is 184 cm³/mol. The molecule has 8 heteroatoms. The summed E-state index contributed by atoms with van der Waals surface area (Å²) < 4.78 is 18.8. The summed E-state index contributed by atoms with van der Waals surface area (Å²) in [6, 6.07) is 24.8. The Morgan fingerprint density at radius 3 is 2.17 bits per heavy atom. The van der Waals surface area contributed by atoms with Crippen LogP contribution in [0.15, 0.2) is 72.8 Å². The Kier molecular flexibility index (Phi) is 9.27. The van der Waals surface area contributed by atoms with Gasteiger partial charge in [0.1, 0.15) is 0 Å². The van der Waals surface area contributed by atoms with E-state index in [9.17, 15) is 9.90 Å². The zero-order valence-corrected chi connectivity index (χ0v) is 27.8. The Balaban J connectivity index is 0.946. The maximum Gasteiger partial charge on any atom is 0.315 e. The minimum Gasteiger partial charge on any atom is -0.392 e. The van der Waals surface area contributed by atoms with Gasteiger partial charge < -0.3 is 30.0 Å². The molecule has 3 atom stereocenters. The van der Waals surface area contributed by atoms with Gasteiger partial charge in [0.25, 0.3) is 0 Å². The van der Waals surface area contributed by atoms with Gasteiger partial charge in [-0.15, -0.1) is 0 Å². The number of hydrogen-bond donors (Lipinski definition) is 3. The van der Waals surface area contributed by atoms with Crippen molar-refractivity contribution in [2.24, 2.45) is 17.8 Å². The van der Waals surface area contributed by atoms with Crippen molar-refractivity contribution in [3.63, 3.8) is 0 Å². The molecule has 3 N–H and O–H groups in total. The summed E-state index contributed by atoms with van der Waals surface area (Å²) in [5.74, 6) is 2.39. The molecule has 0 radical (unpaired) electrons. The molecule has 2 aliphatic heterocycles. The fourth-order valence-corrected chi connectivity index (χ4v) is 9.60. The van der Waals surface area contributed by atoms with Crippen LogP contribution >= 0.6 is 0 Å². The van der Waals surface area contributed by atoms with E-state index in [4.69, 9.17) is 14.2 Å². The monoisotopic (exact) mass is 651 g/mol. The highest BCUT2D eigenvalue weighted by Crippen LogP contribution is 2.55. The second kappa shape index (κ2) is 13.9. The second-order valence-electron chi connectivity index (χ2n) is 15.0. The van der Waals surface area contributed by atoms with Gasteiger partial charge in [-0.3, -0.25) is 4.90 Å². The number of morpholine rings is 1. The highest BCUT2D eigenvalue weighted by molar-refractivity contribution is 5.76. The van der Waals surface area contributed by atoms with Crippen LogP contribution < -0.4 is 10.6 Å². The number of nitrogens with zero attached hydrogens (tertiary/aromatic N) is 1. The summed E-state index contributed by atoms with van der Waals surface area (Å²) in [7, 11) is 0. The van der Waals surface area contributed by atoms with Crippen LogP contribution in [0.5, 0.6) is 0 Å². The van der Waals surface area contributed by atoms with E-state index in [-0.39, 0.29) is 30.4 Å². The SMILES string of the molecule is O=C(NCc1ccccc1-c1ccc(C2OC(CN3CCOCC3)CC(c3ccc(CO)cc3)O2)cc1)NC12CC3CC(CC(C3)C1)C2. The van der Waals surface area contributed by atoms with Gasteiger partial charge in [0.2, 0.25) is 0 Å². The van der Waals surface area contributed by atoms with Gasteiger partial charge in [-0.25, -0.2) is 4.79 Å². The van der Waals surface area contributed by atoms with E-state index in [1.54, 1.807) is 0 Å². The average molecular weight is 652 g/mol. The molecule has 3 aromatic rings. The topological polar surface area (TPSA) is 92.3 Å².